The van der Waals surface area contributed by atoms with Crippen molar-refractivity contribution in [2.24, 2.45) is 7.05 Å². The van der Waals surface area contributed by atoms with Crippen LogP contribution in [0.4, 0.5) is 16.2 Å². The van der Waals surface area contributed by atoms with Gasteiger partial charge in [-0.3, -0.25) is 9.36 Å². The fourth-order valence-corrected chi connectivity index (χ4v) is 4.73. The van der Waals surface area contributed by atoms with Crippen LogP contribution in [0, 0.1) is 0 Å². The summed E-state index contributed by atoms with van der Waals surface area (Å²) in [6.45, 7) is 8.74. The van der Waals surface area contributed by atoms with Gasteiger partial charge in [-0.05, 0) is 52.8 Å². The van der Waals surface area contributed by atoms with Crippen LogP contribution in [0.2, 0.25) is 0 Å². The number of pyridine rings is 2. The number of urea groups is 1. The number of hydrogen-bond acceptors (Lipinski definition) is 5. The summed E-state index contributed by atoms with van der Waals surface area (Å²) in [7, 11) is 1.64. The zero-order valence-electron chi connectivity index (χ0n) is 23.1. The molecule has 0 unspecified atom stereocenters. The van der Waals surface area contributed by atoms with E-state index in [1.54, 1.807) is 19.3 Å². The van der Waals surface area contributed by atoms with Crippen LogP contribution in [0.15, 0.2) is 65.6 Å². The van der Waals surface area contributed by atoms with Gasteiger partial charge in [0.2, 0.25) is 0 Å². The van der Waals surface area contributed by atoms with Gasteiger partial charge in [0.1, 0.15) is 17.1 Å². The van der Waals surface area contributed by atoms with Gasteiger partial charge in [0.15, 0.2) is 0 Å². The quantitative estimate of drug-likeness (QED) is 0.223. The number of aromatic nitrogens is 2. The van der Waals surface area contributed by atoms with Crippen molar-refractivity contribution in [3.05, 3.63) is 82.3 Å². The second-order valence-corrected chi connectivity index (χ2v) is 10.1. The van der Waals surface area contributed by atoms with Crippen molar-refractivity contribution in [2.75, 3.05) is 23.8 Å². The third-order valence-electron chi connectivity index (χ3n) is 6.69. The van der Waals surface area contributed by atoms with E-state index in [9.17, 15) is 9.59 Å². The third-order valence-corrected chi connectivity index (χ3v) is 6.69. The molecule has 0 atom stereocenters. The molecule has 3 N–H and O–H groups in total. The Labute approximate surface area is 228 Å². The van der Waals surface area contributed by atoms with Crippen LogP contribution in [-0.2, 0) is 7.05 Å². The number of aliphatic hydroxyl groups excluding tert-OH is 1. The smallest absolute Gasteiger partial charge is 0.323 e. The average Bonchev–Trinajstić information content (AvgIpc) is 2.92. The highest BCUT2D eigenvalue weighted by molar-refractivity contribution is 6.07. The van der Waals surface area contributed by atoms with Crippen LogP contribution in [0.5, 0.6) is 5.75 Å². The molecule has 0 saturated heterocycles. The van der Waals surface area contributed by atoms with Crippen molar-refractivity contribution in [3.63, 3.8) is 0 Å². The number of aryl methyl sites for hydroxylation is 1. The second-order valence-electron chi connectivity index (χ2n) is 10.1. The molecule has 0 spiro atoms. The number of benzene rings is 2. The summed E-state index contributed by atoms with van der Waals surface area (Å²) >= 11 is 0. The summed E-state index contributed by atoms with van der Waals surface area (Å²) in [5.41, 5.74) is 4.36. The molecule has 8 nitrogen and oxygen atoms in total. The number of amides is 2. The number of fused-ring (bicyclic) bond motifs is 1. The number of nitrogens with one attached hydrogen (secondary N) is 2. The maximum Gasteiger partial charge on any atom is 0.323 e. The Balaban J connectivity index is 1.82. The molecule has 0 aliphatic carbocycles. The number of carbonyl (C=O) groups is 1. The summed E-state index contributed by atoms with van der Waals surface area (Å²) in [4.78, 5) is 31.6. The predicted octanol–water partition coefficient (Wildman–Crippen LogP) is 6.25. The standard InChI is InChI=1S/C31H36N4O4/c1-19(2)23-12-7-13-24(20(3)4)27(23)33-31(38)34-28-26(21-10-6-11-22(18-21)39-17-9-16-36)25-14-8-15-32-29(25)35(5)30(28)37/h6-8,10-15,18-20,36H,9,16-17H2,1-5H3,(H2,33,34,38). The lowest BCUT2D eigenvalue weighted by Crippen LogP contribution is -2.29. The molecular formula is C31H36N4O4. The molecule has 0 aliphatic rings. The number of ether oxygens (including phenoxy) is 1. The van der Waals surface area contributed by atoms with E-state index in [0.29, 0.717) is 40.9 Å². The molecule has 0 bridgehead atoms. The van der Waals surface area contributed by atoms with Crippen LogP contribution in [0.25, 0.3) is 22.2 Å². The van der Waals surface area contributed by atoms with Gasteiger partial charge >= 0.3 is 6.03 Å². The highest BCUT2D eigenvalue weighted by atomic mass is 16.5. The van der Waals surface area contributed by atoms with Gasteiger partial charge in [-0.2, -0.15) is 0 Å². The Kier molecular flexibility index (Phi) is 8.66. The molecule has 2 amide bonds. The molecule has 2 heterocycles. The Hall–Kier alpha value is -4.17. The molecule has 0 radical (unpaired) electrons. The first-order chi connectivity index (χ1) is 18.7. The molecule has 39 heavy (non-hydrogen) atoms. The van der Waals surface area contributed by atoms with Gasteiger partial charge < -0.3 is 20.5 Å². The number of hydrogen-bond donors (Lipinski definition) is 3. The summed E-state index contributed by atoms with van der Waals surface area (Å²) in [6, 6.07) is 16.6. The Bertz CT molecular complexity index is 1520. The van der Waals surface area contributed by atoms with Crippen molar-refractivity contribution in [3.8, 4) is 16.9 Å². The van der Waals surface area contributed by atoms with Crippen LogP contribution < -0.4 is 20.9 Å². The van der Waals surface area contributed by atoms with Crippen LogP contribution in [0.3, 0.4) is 0 Å². The normalized spacial score (nSPS) is 11.3. The van der Waals surface area contributed by atoms with Crippen LogP contribution in [0.1, 0.15) is 57.1 Å². The Morgan fingerprint density at radius 2 is 1.64 bits per heavy atom. The molecule has 8 heteroatoms. The first-order valence-electron chi connectivity index (χ1n) is 13.3. The van der Waals surface area contributed by atoms with Crippen LogP contribution in [-0.4, -0.2) is 33.9 Å². The fraction of sp³-hybridized carbons (Fsp3) is 0.323. The van der Waals surface area contributed by atoms with Crippen molar-refractivity contribution in [1.29, 1.82) is 0 Å². The largest absolute Gasteiger partial charge is 0.493 e. The van der Waals surface area contributed by atoms with E-state index in [0.717, 1.165) is 16.8 Å². The van der Waals surface area contributed by atoms with Crippen molar-refractivity contribution < 1.29 is 14.6 Å². The van der Waals surface area contributed by atoms with E-state index in [1.807, 2.05) is 48.5 Å². The predicted molar refractivity (Wildman–Crippen MR) is 157 cm³/mol. The lowest BCUT2D eigenvalue weighted by molar-refractivity contribution is 0.233. The van der Waals surface area contributed by atoms with E-state index in [-0.39, 0.29) is 29.7 Å². The summed E-state index contributed by atoms with van der Waals surface area (Å²) in [6.07, 6.45) is 2.14. The minimum Gasteiger partial charge on any atom is -0.493 e. The SMILES string of the molecule is CC(C)c1cccc(C(C)C)c1NC(=O)Nc1c(-c2cccc(OCCCO)c2)c2cccnc2n(C)c1=O. The highest BCUT2D eigenvalue weighted by Crippen LogP contribution is 2.35. The molecule has 4 rings (SSSR count). The number of nitrogens with zero attached hydrogens (tertiary/aromatic N) is 2. The number of rotatable bonds is 9. The minimum absolute atomic E-state index is 0.0341. The van der Waals surface area contributed by atoms with Gasteiger partial charge in [-0.15, -0.1) is 0 Å². The molecule has 0 saturated carbocycles. The summed E-state index contributed by atoms with van der Waals surface area (Å²) < 4.78 is 7.23. The third kappa shape index (κ3) is 5.96. The zero-order chi connectivity index (χ0) is 28.1. The van der Waals surface area contributed by atoms with Gasteiger partial charge in [-0.1, -0.05) is 58.0 Å². The Morgan fingerprint density at radius 1 is 0.974 bits per heavy atom. The fourth-order valence-electron chi connectivity index (χ4n) is 4.73. The van der Waals surface area contributed by atoms with Crippen molar-refractivity contribution >= 4 is 28.4 Å². The van der Waals surface area contributed by atoms with Gasteiger partial charge in [0.25, 0.3) is 5.56 Å². The van der Waals surface area contributed by atoms with Crippen molar-refractivity contribution in [2.45, 2.75) is 46.0 Å². The lowest BCUT2D eigenvalue weighted by Gasteiger charge is -2.21. The van der Waals surface area contributed by atoms with Crippen LogP contribution >= 0.6 is 0 Å². The molecule has 0 fully saturated rings. The molecule has 2 aromatic carbocycles. The van der Waals surface area contributed by atoms with E-state index in [1.165, 1.54) is 4.57 Å². The van der Waals surface area contributed by atoms with E-state index in [2.05, 4.69) is 43.3 Å². The first kappa shape index (κ1) is 27.9. The topological polar surface area (TPSA) is 105 Å². The van der Waals surface area contributed by atoms with Gasteiger partial charge in [-0.25, -0.2) is 9.78 Å². The number of carbonyl (C=O) groups excluding carboxylic acids is 1. The molecule has 2 aromatic heterocycles. The number of aliphatic hydroxyl groups is 1. The van der Waals surface area contributed by atoms with E-state index in [4.69, 9.17) is 9.84 Å². The van der Waals surface area contributed by atoms with E-state index >= 15 is 0 Å². The minimum atomic E-state index is -0.498. The molecule has 204 valence electrons. The summed E-state index contributed by atoms with van der Waals surface area (Å²) in [5, 5.41) is 15.7. The Morgan fingerprint density at radius 3 is 2.31 bits per heavy atom. The summed E-state index contributed by atoms with van der Waals surface area (Å²) in [5.74, 6) is 0.993. The monoisotopic (exact) mass is 528 g/mol. The maximum atomic E-state index is 13.6. The lowest BCUT2D eigenvalue weighted by atomic mass is 9.93. The van der Waals surface area contributed by atoms with Gasteiger partial charge in [0, 0.05) is 42.9 Å². The number of anilines is 2. The molecular weight excluding hydrogens is 492 g/mol. The van der Waals surface area contributed by atoms with Gasteiger partial charge in [0.05, 0.1) is 6.61 Å². The second kappa shape index (κ2) is 12.1. The average molecular weight is 529 g/mol. The number of para-hydroxylation sites is 1. The zero-order valence-corrected chi connectivity index (χ0v) is 23.1. The van der Waals surface area contributed by atoms with Crippen molar-refractivity contribution in [1.82, 2.24) is 9.55 Å². The molecule has 4 aromatic rings. The maximum absolute atomic E-state index is 13.6. The van der Waals surface area contributed by atoms with E-state index < -0.39 is 6.03 Å². The highest BCUT2D eigenvalue weighted by Gasteiger charge is 2.22. The molecule has 0 aliphatic heterocycles. The first-order valence-corrected chi connectivity index (χ1v) is 13.3.